The Morgan fingerprint density at radius 2 is 0.661 bits per heavy atom. The summed E-state index contributed by atoms with van der Waals surface area (Å²) in [5, 5.41) is 0. The van der Waals surface area contributed by atoms with Crippen molar-refractivity contribution in [1.82, 2.24) is 0 Å². The maximum absolute atomic E-state index is 12.8. The van der Waals surface area contributed by atoms with E-state index in [0.29, 0.717) is 19.3 Å². The number of hydrogen-bond donors (Lipinski definition) is 0. The van der Waals surface area contributed by atoms with Crippen LogP contribution < -0.4 is 0 Å². The fourth-order valence-electron chi connectivity index (χ4n) is 6.62. The van der Waals surface area contributed by atoms with Crippen LogP contribution in [0.2, 0.25) is 0 Å². The highest BCUT2D eigenvalue weighted by Crippen LogP contribution is 2.14. The monoisotopic (exact) mass is 823 g/mol. The van der Waals surface area contributed by atoms with E-state index in [1.54, 1.807) is 0 Å². The van der Waals surface area contributed by atoms with Gasteiger partial charge in [0.05, 0.1) is 0 Å². The molecule has 0 saturated heterocycles. The first-order valence-corrected chi connectivity index (χ1v) is 24.5. The van der Waals surface area contributed by atoms with Gasteiger partial charge in [-0.25, -0.2) is 0 Å². The zero-order chi connectivity index (χ0) is 43.0. The maximum atomic E-state index is 12.8. The Hall–Kier alpha value is -3.15. The summed E-state index contributed by atoms with van der Waals surface area (Å²) in [5.74, 6) is -0.924. The van der Waals surface area contributed by atoms with Crippen LogP contribution in [0, 0.1) is 0 Å². The summed E-state index contributed by atoms with van der Waals surface area (Å²) in [7, 11) is 0. The van der Waals surface area contributed by atoms with Gasteiger partial charge >= 0.3 is 17.9 Å². The fraction of sp³-hybridized carbons (Fsp3) is 0.717. The van der Waals surface area contributed by atoms with Gasteiger partial charge in [0.2, 0.25) is 0 Å². The van der Waals surface area contributed by atoms with E-state index >= 15 is 0 Å². The Kier molecular flexibility index (Phi) is 45.0. The number of allylic oxidation sites excluding steroid dienone is 12. The predicted molar refractivity (Wildman–Crippen MR) is 251 cm³/mol. The van der Waals surface area contributed by atoms with Crippen molar-refractivity contribution < 1.29 is 28.6 Å². The second-order valence-electron chi connectivity index (χ2n) is 16.1. The molecule has 0 spiro atoms. The number of carbonyl (C=O) groups is 3. The largest absolute Gasteiger partial charge is 0.462 e. The molecule has 338 valence electrons. The molecule has 0 aromatic rings. The first-order chi connectivity index (χ1) is 29.0. The van der Waals surface area contributed by atoms with Crippen LogP contribution in [-0.2, 0) is 28.6 Å². The summed E-state index contributed by atoms with van der Waals surface area (Å²) < 4.78 is 16.7. The van der Waals surface area contributed by atoms with Gasteiger partial charge < -0.3 is 14.2 Å². The Morgan fingerprint density at radius 3 is 1.08 bits per heavy atom. The molecular weight excluding hydrogens is 733 g/mol. The van der Waals surface area contributed by atoms with Crippen LogP contribution in [0.4, 0.5) is 0 Å². The number of carbonyl (C=O) groups excluding carboxylic acids is 3. The van der Waals surface area contributed by atoms with Crippen LogP contribution >= 0.6 is 0 Å². The van der Waals surface area contributed by atoms with Crippen LogP contribution in [0.25, 0.3) is 0 Å². The summed E-state index contributed by atoms with van der Waals surface area (Å²) in [6, 6.07) is 0. The van der Waals surface area contributed by atoms with E-state index in [2.05, 4.69) is 75.5 Å². The van der Waals surface area contributed by atoms with Crippen molar-refractivity contribution in [3.63, 3.8) is 0 Å². The molecule has 1 unspecified atom stereocenters. The van der Waals surface area contributed by atoms with Gasteiger partial charge in [-0.15, -0.1) is 0 Å². The summed E-state index contributed by atoms with van der Waals surface area (Å²) in [6.45, 7) is 6.43. The molecular formula is C53H90O6. The normalized spacial score (nSPS) is 12.7. The molecule has 0 amide bonds. The van der Waals surface area contributed by atoms with Crippen LogP contribution in [0.15, 0.2) is 72.9 Å². The van der Waals surface area contributed by atoms with E-state index in [4.69, 9.17) is 14.2 Å². The van der Waals surface area contributed by atoms with Gasteiger partial charge in [0.15, 0.2) is 6.10 Å². The first-order valence-electron chi connectivity index (χ1n) is 24.5. The van der Waals surface area contributed by atoms with E-state index in [-0.39, 0.29) is 31.1 Å². The molecule has 0 heterocycles. The molecule has 0 aliphatic carbocycles. The Labute approximate surface area is 363 Å². The minimum Gasteiger partial charge on any atom is -0.462 e. The summed E-state index contributed by atoms with van der Waals surface area (Å²) in [5.41, 5.74) is 0. The standard InChI is InChI=1S/C53H90O6/c1-4-7-10-13-16-19-22-24-26-28-31-34-37-40-43-46-52(55)58-49-50(48-57-51(54)45-42-39-36-33-30-21-18-15-12-9-6-3)59-53(56)47-44-41-38-35-32-29-27-25-23-20-17-14-11-8-5-2/h7,10,13,16-17,19-20,22-26,50H,4-6,8-9,11-12,14-15,18,21,27-49H2,1-3H3/b10-7-,16-13-,20-17-,22-19-,25-23-,26-24-. The molecule has 0 rings (SSSR count). The lowest BCUT2D eigenvalue weighted by atomic mass is 10.1. The van der Waals surface area contributed by atoms with Crippen molar-refractivity contribution in [3.05, 3.63) is 72.9 Å². The van der Waals surface area contributed by atoms with E-state index in [9.17, 15) is 14.4 Å². The highest BCUT2D eigenvalue weighted by molar-refractivity contribution is 5.71. The molecule has 0 aliphatic heterocycles. The molecule has 0 fully saturated rings. The summed E-state index contributed by atoms with van der Waals surface area (Å²) in [6.07, 6.45) is 58.7. The van der Waals surface area contributed by atoms with E-state index in [1.807, 2.05) is 18.2 Å². The molecule has 6 heteroatoms. The molecule has 0 saturated carbocycles. The molecule has 0 N–H and O–H groups in total. The molecule has 0 radical (unpaired) electrons. The first kappa shape index (κ1) is 55.9. The molecule has 0 aromatic heterocycles. The van der Waals surface area contributed by atoms with Gasteiger partial charge in [-0.3, -0.25) is 14.4 Å². The molecule has 1 atom stereocenters. The molecule has 59 heavy (non-hydrogen) atoms. The fourth-order valence-corrected chi connectivity index (χ4v) is 6.62. The minimum atomic E-state index is -0.788. The van der Waals surface area contributed by atoms with Crippen molar-refractivity contribution in [2.75, 3.05) is 13.2 Å². The number of ether oxygens (including phenoxy) is 3. The van der Waals surface area contributed by atoms with Crippen molar-refractivity contribution >= 4 is 17.9 Å². The topological polar surface area (TPSA) is 78.9 Å². The third kappa shape index (κ3) is 45.8. The van der Waals surface area contributed by atoms with Crippen LogP contribution in [-0.4, -0.2) is 37.2 Å². The van der Waals surface area contributed by atoms with E-state index < -0.39 is 6.10 Å². The maximum Gasteiger partial charge on any atom is 0.306 e. The molecule has 0 bridgehead atoms. The highest BCUT2D eigenvalue weighted by Gasteiger charge is 2.19. The number of esters is 3. The van der Waals surface area contributed by atoms with Gasteiger partial charge in [-0.05, 0) is 64.2 Å². The van der Waals surface area contributed by atoms with Gasteiger partial charge in [0.1, 0.15) is 13.2 Å². The molecule has 0 aromatic carbocycles. The second-order valence-corrected chi connectivity index (χ2v) is 16.1. The third-order valence-corrected chi connectivity index (χ3v) is 10.3. The zero-order valence-electron chi connectivity index (χ0n) is 38.5. The lowest BCUT2D eigenvalue weighted by Gasteiger charge is -2.18. The van der Waals surface area contributed by atoms with Crippen LogP contribution in [0.3, 0.4) is 0 Å². The van der Waals surface area contributed by atoms with Crippen molar-refractivity contribution in [1.29, 1.82) is 0 Å². The van der Waals surface area contributed by atoms with Crippen LogP contribution in [0.5, 0.6) is 0 Å². The van der Waals surface area contributed by atoms with E-state index in [1.165, 1.54) is 89.9 Å². The average molecular weight is 823 g/mol. The summed E-state index contributed by atoms with van der Waals surface area (Å²) in [4.78, 5) is 37.9. The quantitative estimate of drug-likeness (QED) is 0.0264. The predicted octanol–water partition coefficient (Wildman–Crippen LogP) is 15.9. The Morgan fingerprint density at radius 1 is 0.356 bits per heavy atom. The van der Waals surface area contributed by atoms with Crippen molar-refractivity contribution in [2.45, 2.75) is 232 Å². The van der Waals surface area contributed by atoms with Gasteiger partial charge in [-0.2, -0.15) is 0 Å². The SMILES string of the molecule is CC\C=C/C=C\C=C/C=C\CCCCCCCC(=O)OCC(COC(=O)CCCCCCCCCCCCC)OC(=O)CCCCCCCC/C=C\C=C/CCCCC. The van der Waals surface area contributed by atoms with Gasteiger partial charge in [0.25, 0.3) is 0 Å². The second kappa shape index (κ2) is 47.5. The minimum absolute atomic E-state index is 0.0871. The van der Waals surface area contributed by atoms with Crippen molar-refractivity contribution in [3.8, 4) is 0 Å². The number of hydrogen-bond acceptors (Lipinski definition) is 6. The Balaban J connectivity index is 4.44. The van der Waals surface area contributed by atoms with Gasteiger partial charge in [0, 0.05) is 19.3 Å². The third-order valence-electron chi connectivity index (χ3n) is 10.3. The smallest absolute Gasteiger partial charge is 0.306 e. The Bertz CT molecular complexity index is 1130. The number of rotatable bonds is 43. The average Bonchev–Trinajstić information content (AvgIpc) is 3.23. The molecule has 0 aliphatic rings. The van der Waals surface area contributed by atoms with Gasteiger partial charge in [-0.1, -0.05) is 216 Å². The highest BCUT2D eigenvalue weighted by atomic mass is 16.6. The molecule has 6 nitrogen and oxygen atoms in total. The zero-order valence-corrected chi connectivity index (χ0v) is 38.5. The van der Waals surface area contributed by atoms with E-state index in [0.717, 1.165) is 96.3 Å². The number of unbranched alkanes of at least 4 members (excludes halogenated alkanes) is 24. The summed E-state index contributed by atoms with van der Waals surface area (Å²) >= 11 is 0. The lowest BCUT2D eigenvalue weighted by Crippen LogP contribution is -2.30. The van der Waals surface area contributed by atoms with Crippen LogP contribution in [0.1, 0.15) is 226 Å². The van der Waals surface area contributed by atoms with Crippen molar-refractivity contribution in [2.24, 2.45) is 0 Å². The lowest BCUT2D eigenvalue weighted by molar-refractivity contribution is -0.167.